The van der Waals surface area contributed by atoms with Gasteiger partial charge in [0.25, 0.3) is 10.1 Å². The van der Waals surface area contributed by atoms with E-state index in [4.69, 9.17) is 0 Å². The van der Waals surface area contributed by atoms with E-state index in [0.717, 1.165) is 6.42 Å². The van der Waals surface area contributed by atoms with Gasteiger partial charge in [-0.1, -0.05) is 25.8 Å². The average Bonchev–Trinajstić information content (AvgIpc) is 2.94. The van der Waals surface area contributed by atoms with Crippen LogP contribution in [-0.4, -0.2) is 59.6 Å². The van der Waals surface area contributed by atoms with Crippen molar-refractivity contribution in [2.24, 2.45) is 5.92 Å². The van der Waals surface area contributed by atoms with Crippen molar-refractivity contribution >= 4 is 48.4 Å². The second-order valence-corrected chi connectivity index (χ2v) is 11.9. The van der Waals surface area contributed by atoms with E-state index in [1.54, 1.807) is 32.0 Å². The van der Waals surface area contributed by atoms with Crippen molar-refractivity contribution in [2.45, 2.75) is 56.8 Å². The first-order chi connectivity index (χ1) is 15.7. The fourth-order valence-corrected chi connectivity index (χ4v) is 6.03. The molecule has 3 rings (SSSR count). The second kappa shape index (κ2) is 9.37. The molecule has 2 aromatic carbocycles. The van der Waals surface area contributed by atoms with Gasteiger partial charge in [0.2, 0.25) is 5.69 Å². The minimum absolute atomic E-state index is 0.0501. The maximum absolute atomic E-state index is 12.5. The molecule has 186 valence electrons. The Hall–Kier alpha value is -2.34. The van der Waals surface area contributed by atoms with E-state index in [0.29, 0.717) is 40.6 Å². The lowest BCUT2D eigenvalue weighted by atomic mass is 9.67. The maximum Gasteiger partial charge on any atom is 0.307 e. The first-order valence-corrected chi connectivity index (χ1v) is 14.1. The fourth-order valence-electron chi connectivity index (χ4n) is 5.04. The Labute approximate surface area is 199 Å². The van der Waals surface area contributed by atoms with Crippen LogP contribution in [0.2, 0.25) is 0 Å². The van der Waals surface area contributed by atoms with Crippen LogP contribution in [0.5, 0.6) is 0 Å². The number of fused-ring (bicyclic) bond motifs is 3. The number of hydrogen-bond acceptors (Lipinski definition) is 6. The maximum atomic E-state index is 12.5. The largest absolute Gasteiger partial charge is 0.748 e. The van der Waals surface area contributed by atoms with E-state index in [2.05, 4.69) is 0 Å². The quantitative estimate of drug-likeness (QED) is 0.364. The molecule has 2 unspecified atom stereocenters. The summed E-state index contributed by atoms with van der Waals surface area (Å²) < 4.78 is 68.6. The van der Waals surface area contributed by atoms with Gasteiger partial charge in [0, 0.05) is 30.7 Å². The Morgan fingerprint density at radius 1 is 1.15 bits per heavy atom. The summed E-state index contributed by atoms with van der Waals surface area (Å²) in [5.74, 6) is -2.38. The lowest BCUT2D eigenvalue weighted by Gasteiger charge is -2.30. The molecule has 1 aliphatic rings. The van der Waals surface area contributed by atoms with Crippen LogP contribution in [-0.2, 0) is 30.4 Å². The predicted octanol–water partition coefficient (Wildman–Crippen LogP) is 3.29. The summed E-state index contributed by atoms with van der Waals surface area (Å²) >= 11 is 0. The Morgan fingerprint density at radius 3 is 2.35 bits per heavy atom. The average molecular weight is 512 g/mol. The molecule has 1 aliphatic heterocycles. The van der Waals surface area contributed by atoms with Crippen LogP contribution in [0.4, 0.5) is 5.69 Å². The summed E-state index contributed by atoms with van der Waals surface area (Å²) in [6, 6.07) is 7.75. The van der Waals surface area contributed by atoms with Crippen molar-refractivity contribution in [3.8, 4) is 0 Å². The highest BCUT2D eigenvalue weighted by Crippen LogP contribution is 2.49. The number of carbonyl (C=O) groups is 1. The number of rotatable bonds is 10. The van der Waals surface area contributed by atoms with Crippen molar-refractivity contribution in [3.05, 3.63) is 35.9 Å². The summed E-state index contributed by atoms with van der Waals surface area (Å²) in [4.78, 5) is 12.2. The monoisotopic (exact) mass is 511 g/mol. The molecule has 0 aliphatic carbocycles. The zero-order valence-corrected chi connectivity index (χ0v) is 20.9. The molecule has 1 heterocycles. The van der Waals surface area contributed by atoms with Crippen molar-refractivity contribution in [2.75, 3.05) is 12.3 Å². The molecule has 0 amide bonds. The number of nitrogens with zero attached hydrogens (tertiary/aromatic N) is 1. The molecule has 2 aromatic rings. The zero-order valence-electron chi connectivity index (χ0n) is 19.3. The Balaban J connectivity index is 2.31. The first kappa shape index (κ1) is 26.3. The van der Waals surface area contributed by atoms with Crippen molar-refractivity contribution < 1.29 is 40.4 Å². The van der Waals surface area contributed by atoms with Crippen molar-refractivity contribution in [1.82, 2.24) is 0 Å². The molecular weight excluding hydrogens is 482 g/mol. The minimum Gasteiger partial charge on any atom is -0.748 e. The number of aliphatic carboxylic acids is 1. The van der Waals surface area contributed by atoms with Gasteiger partial charge in [0.05, 0.1) is 26.3 Å². The van der Waals surface area contributed by atoms with Gasteiger partial charge in [-0.2, -0.15) is 13.0 Å². The number of carboxylic acids is 1. The van der Waals surface area contributed by atoms with E-state index in [1.807, 2.05) is 11.5 Å². The summed E-state index contributed by atoms with van der Waals surface area (Å²) in [6.07, 6.45) is 1.90. The van der Waals surface area contributed by atoms with E-state index >= 15 is 0 Å². The van der Waals surface area contributed by atoms with Crippen LogP contribution in [0.1, 0.15) is 52.0 Å². The molecule has 0 spiro atoms. The van der Waals surface area contributed by atoms with E-state index in [-0.39, 0.29) is 17.9 Å². The summed E-state index contributed by atoms with van der Waals surface area (Å²) in [7, 11) is -8.91. The number of benzene rings is 2. The Morgan fingerprint density at radius 2 is 1.79 bits per heavy atom. The molecule has 0 bridgehead atoms. The van der Waals surface area contributed by atoms with Gasteiger partial charge in [0.15, 0.2) is 5.71 Å². The number of carboxylic acid groups (broad SMARTS) is 1. The minimum atomic E-state index is -4.50. The highest BCUT2D eigenvalue weighted by molar-refractivity contribution is 7.86. The van der Waals surface area contributed by atoms with Gasteiger partial charge in [-0.15, -0.1) is 0 Å². The molecule has 11 heteroatoms. The van der Waals surface area contributed by atoms with Gasteiger partial charge >= 0.3 is 5.97 Å². The SMILES string of the molecule is CCCCC(C(=O)O)C1(C)C(C)=[N+](CCCS(=O)(=O)[O-])c2ccc3ccc(S(=O)(=O)O)cc3c21. The van der Waals surface area contributed by atoms with Crippen molar-refractivity contribution in [3.63, 3.8) is 0 Å². The highest BCUT2D eigenvalue weighted by Gasteiger charge is 2.54. The van der Waals surface area contributed by atoms with Crippen LogP contribution >= 0.6 is 0 Å². The predicted molar refractivity (Wildman–Crippen MR) is 126 cm³/mol. The highest BCUT2D eigenvalue weighted by atomic mass is 32.2. The summed E-state index contributed by atoms with van der Waals surface area (Å²) in [6.45, 7) is 5.73. The molecule has 0 saturated heterocycles. The van der Waals surface area contributed by atoms with Crippen molar-refractivity contribution in [1.29, 1.82) is 0 Å². The molecule has 34 heavy (non-hydrogen) atoms. The summed E-state index contributed by atoms with van der Waals surface area (Å²) in [5, 5.41) is 11.4. The smallest absolute Gasteiger partial charge is 0.307 e. The van der Waals surface area contributed by atoms with Gasteiger partial charge < -0.3 is 9.66 Å². The lowest BCUT2D eigenvalue weighted by molar-refractivity contribution is -0.438. The van der Waals surface area contributed by atoms with E-state index in [9.17, 15) is 35.8 Å². The molecule has 0 saturated carbocycles. The van der Waals surface area contributed by atoms with Gasteiger partial charge in [0.1, 0.15) is 6.54 Å². The van der Waals surface area contributed by atoms with Gasteiger partial charge in [-0.25, -0.2) is 8.42 Å². The third-order valence-corrected chi connectivity index (χ3v) is 8.49. The van der Waals surface area contributed by atoms with Crippen LogP contribution in [0, 0.1) is 5.92 Å². The molecule has 0 aromatic heterocycles. The fraction of sp³-hybridized carbons (Fsp3) is 0.478. The molecule has 9 nitrogen and oxygen atoms in total. The second-order valence-electron chi connectivity index (χ2n) is 8.91. The molecule has 0 fully saturated rings. The standard InChI is InChI=1S/C23H29NO8S2/c1-4-5-7-19(22(25)26)23(3)15(2)24(12-6-13-33(27,28)29)20-11-9-16-8-10-17(34(30,31)32)14-18(16)21(20)23/h8-11,14,19H,4-7,12-13H2,1-3H3,(H2-,25,26,27,28,29,30,31,32). The van der Waals surface area contributed by atoms with Crippen LogP contribution in [0.3, 0.4) is 0 Å². The van der Waals surface area contributed by atoms with Gasteiger partial charge in [-0.3, -0.25) is 9.35 Å². The first-order valence-electron chi connectivity index (χ1n) is 11.0. The topological polar surface area (TPSA) is 152 Å². The Kier molecular flexibility index (Phi) is 7.24. The third kappa shape index (κ3) is 4.88. The van der Waals surface area contributed by atoms with E-state index in [1.165, 1.54) is 12.1 Å². The molecule has 2 N–H and O–H groups in total. The molecule has 2 atom stereocenters. The third-order valence-electron chi connectivity index (χ3n) is 6.85. The van der Waals surface area contributed by atoms with Crippen LogP contribution in [0.25, 0.3) is 10.8 Å². The number of unbranched alkanes of at least 4 members (excludes halogenated alkanes) is 1. The number of hydrogen-bond donors (Lipinski definition) is 2. The molecule has 0 radical (unpaired) electrons. The Bertz CT molecular complexity index is 1380. The van der Waals surface area contributed by atoms with Crippen LogP contribution < -0.4 is 0 Å². The van der Waals surface area contributed by atoms with E-state index < -0.39 is 43.3 Å². The summed E-state index contributed by atoms with van der Waals surface area (Å²) in [5.41, 5.74) is 0.885. The van der Waals surface area contributed by atoms with Gasteiger partial charge in [-0.05, 0) is 42.3 Å². The molecular formula is C23H29NO8S2. The zero-order chi connectivity index (χ0) is 25.5. The lowest BCUT2D eigenvalue weighted by Crippen LogP contribution is -2.42. The normalized spacial score (nSPS) is 19.4. The van der Waals surface area contributed by atoms with Crippen LogP contribution in [0.15, 0.2) is 35.2 Å².